The second-order valence-electron chi connectivity index (χ2n) is 9.24. The molecule has 156 valence electrons. The number of nitrogens with zero attached hydrogens (tertiary/aromatic N) is 2. The van der Waals surface area contributed by atoms with Gasteiger partial charge in [-0.25, -0.2) is 0 Å². The number of carbonyl (C=O) groups is 2. The van der Waals surface area contributed by atoms with Gasteiger partial charge in [0.15, 0.2) is 0 Å². The molecule has 1 fully saturated rings. The normalized spacial score (nSPS) is 21.1. The second kappa shape index (κ2) is 8.95. The fourth-order valence-electron chi connectivity index (χ4n) is 4.31. The zero-order valence-corrected chi connectivity index (χ0v) is 18.7. The maximum Gasteiger partial charge on any atom is 0.263 e. The zero-order valence-electron chi connectivity index (χ0n) is 17.8. The van der Waals surface area contributed by atoms with E-state index < -0.39 is 0 Å². The van der Waals surface area contributed by atoms with E-state index in [0.717, 1.165) is 43.8 Å². The van der Waals surface area contributed by atoms with Crippen LogP contribution in [0.2, 0.25) is 0 Å². The Morgan fingerprint density at radius 1 is 1.21 bits per heavy atom. The topological polar surface area (TPSA) is 52.7 Å². The lowest BCUT2D eigenvalue weighted by atomic mass is 9.72. The molecule has 2 amide bonds. The number of likely N-dealkylation sites (N-methyl/N-ethyl adjacent to an activating group) is 1. The highest BCUT2D eigenvalue weighted by molar-refractivity contribution is 7.14. The Bertz CT molecular complexity index is 707. The first kappa shape index (κ1) is 21.3. The van der Waals surface area contributed by atoms with Gasteiger partial charge in [0, 0.05) is 37.6 Å². The van der Waals surface area contributed by atoms with E-state index in [-0.39, 0.29) is 11.8 Å². The van der Waals surface area contributed by atoms with Crippen LogP contribution >= 0.6 is 11.3 Å². The lowest BCUT2D eigenvalue weighted by Gasteiger charge is -2.33. The van der Waals surface area contributed by atoms with E-state index in [4.69, 9.17) is 0 Å². The van der Waals surface area contributed by atoms with Crippen LogP contribution < -0.4 is 5.32 Å². The smallest absolute Gasteiger partial charge is 0.263 e. The van der Waals surface area contributed by atoms with Crippen molar-refractivity contribution in [2.75, 3.05) is 39.3 Å². The Morgan fingerprint density at radius 3 is 2.71 bits per heavy atom. The SMILES string of the molecule is CCNC(=O)CN1CCCN(C(=O)c2cc3c(s2)CCC(C(C)(C)C)C3)CC1. The van der Waals surface area contributed by atoms with Crippen LogP contribution in [0.15, 0.2) is 6.07 Å². The summed E-state index contributed by atoms with van der Waals surface area (Å²) in [5.41, 5.74) is 1.72. The molecule has 1 atom stereocenters. The Kier molecular flexibility index (Phi) is 6.81. The summed E-state index contributed by atoms with van der Waals surface area (Å²) in [7, 11) is 0. The highest BCUT2D eigenvalue weighted by atomic mass is 32.1. The summed E-state index contributed by atoms with van der Waals surface area (Å²) in [5.74, 6) is 0.937. The number of hydrogen-bond donors (Lipinski definition) is 1. The van der Waals surface area contributed by atoms with Crippen LogP contribution in [-0.2, 0) is 17.6 Å². The van der Waals surface area contributed by atoms with Crippen molar-refractivity contribution in [1.82, 2.24) is 15.1 Å². The maximum atomic E-state index is 13.1. The number of rotatable bonds is 4. The van der Waals surface area contributed by atoms with Gasteiger partial charge in [-0.3, -0.25) is 14.5 Å². The Morgan fingerprint density at radius 2 is 2.00 bits per heavy atom. The molecule has 1 aliphatic heterocycles. The summed E-state index contributed by atoms with van der Waals surface area (Å²) in [6.07, 6.45) is 4.35. The average molecular weight is 406 g/mol. The lowest BCUT2D eigenvalue weighted by Crippen LogP contribution is -2.39. The molecule has 2 aliphatic rings. The van der Waals surface area contributed by atoms with Gasteiger partial charge in [-0.2, -0.15) is 0 Å². The van der Waals surface area contributed by atoms with Crippen molar-refractivity contribution in [2.45, 2.75) is 53.4 Å². The zero-order chi connectivity index (χ0) is 20.3. The van der Waals surface area contributed by atoms with E-state index in [1.165, 1.54) is 16.9 Å². The van der Waals surface area contributed by atoms with Gasteiger partial charge in [0.2, 0.25) is 5.91 Å². The fourth-order valence-corrected chi connectivity index (χ4v) is 5.49. The molecule has 1 saturated heterocycles. The minimum absolute atomic E-state index is 0.0709. The number of amides is 2. The first-order valence-electron chi connectivity index (χ1n) is 10.7. The number of hydrogen-bond acceptors (Lipinski definition) is 4. The third-order valence-electron chi connectivity index (χ3n) is 6.14. The molecule has 1 aromatic heterocycles. The molecule has 28 heavy (non-hydrogen) atoms. The van der Waals surface area contributed by atoms with Crippen molar-refractivity contribution in [3.8, 4) is 0 Å². The van der Waals surface area contributed by atoms with Gasteiger partial charge in [-0.1, -0.05) is 20.8 Å². The summed E-state index contributed by atoms with van der Waals surface area (Å²) in [4.78, 5) is 31.4. The molecule has 1 aliphatic carbocycles. The molecule has 3 rings (SSSR count). The Labute approximate surface area is 173 Å². The molecule has 1 unspecified atom stereocenters. The summed E-state index contributed by atoms with van der Waals surface area (Å²) < 4.78 is 0. The van der Waals surface area contributed by atoms with Crippen molar-refractivity contribution in [2.24, 2.45) is 11.3 Å². The molecule has 0 spiro atoms. The standard InChI is InChI=1S/C22H35N3O2S/c1-5-23-20(26)15-24-9-6-10-25(12-11-24)21(27)19-14-16-13-17(22(2,3)4)7-8-18(16)28-19/h14,17H,5-13,15H2,1-4H3,(H,23,26). The van der Waals surface area contributed by atoms with Gasteiger partial charge in [-0.15, -0.1) is 11.3 Å². The molecule has 6 heteroatoms. The van der Waals surface area contributed by atoms with Gasteiger partial charge in [0.25, 0.3) is 5.91 Å². The molecule has 0 radical (unpaired) electrons. The van der Waals surface area contributed by atoms with Crippen LogP contribution in [-0.4, -0.2) is 60.9 Å². The van der Waals surface area contributed by atoms with E-state index in [9.17, 15) is 9.59 Å². The van der Waals surface area contributed by atoms with Crippen LogP contribution in [0, 0.1) is 11.3 Å². The number of fused-ring (bicyclic) bond motifs is 1. The van der Waals surface area contributed by atoms with Crippen LogP contribution in [0.1, 0.15) is 60.6 Å². The minimum atomic E-state index is 0.0709. The van der Waals surface area contributed by atoms with Gasteiger partial charge >= 0.3 is 0 Å². The Balaban J connectivity index is 1.61. The monoisotopic (exact) mass is 405 g/mol. The van der Waals surface area contributed by atoms with E-state index in [2.05, 4.69) is 37.1 Å². The van der Waals surface area contributed by atoms with E-state index in [0.29, 0.717) is 31.0 Å². The molecular weight excluding hydrogens is 370 g/mol. The quantitative estimate of drug-likeness (QED) is 0.837. The molecule has 1 aromatic rings. The third kappa shape index (κ3) is 5.15. The maximum absolute atomic E-state index is 13.1. The number of nitrogens with one attached hydrogen (secondary N) is 1. The van der Waals surface area contributed by atoms with Crippen molar-refractivity contribution < 1.29 is 9.59 Å². The average Bonchev–Trinajstić information content (AvgIpc) is 2.93. The molecule has 1 N–H and O–H groups in total. The fraction of sp³-hybridized carbons (Fsp3) is 0.727. The van der Waals surface area contributed by atoms with Gasteiger partial charge in [-0.05, 0) is 55.6 Å². The second-order valence-corrected chi connectivity index (χ2v) is 10.4. The number of thiophene rings is 1. The van der Waals surface area contributed by atoms with E-state index in [1.54, 1.807) is 11.3 Å². The molecule has 5 nitrogen and oxygen atoms in total. The number of aryl methyl sites for hydroxylation is 1. The predicted octanol–water partition coefficient (Wildman–Crippen LogP) is 3.18. The van der Waals surface area contributed by atoms with Crippen molar-refractivity contribution in [1.29, 1.82) is 0 Å². The highest BCUT2D eigenvalue weighted by Crippen LogP contribution is 2.40. The molecule has 0 saturated carbocycles. The lowest BCUT2D eigenvalue weighted by molar-refractivity contribution is -0.122. The number of carbonyl (C=O) groups excluding carboxylic acids is 2. The van der Waals surface area contributed by atoms with Gasteiger partial charge in [0.1, 0.15) is 0 Å². The van der Waals surface area contributed by atoms with Crippen LogP contribution in [0.4, 0.5) is 0 Å². The van der Waals surface area contributed by atoms with Crippen LogP contribution in [0.5, 0.6) is 0 Å². The first-order valence-corrected chi connectivity index (χ1v) is 11.5. The van der Waals surface area contributed by atoms with Crippen molar-refractivity contribution >= 4 is 23.2 Å². The highest BCUT2D eigenvalue weighted by Gasteiger charge is 2.31. The molecular formula is C22H35N3O2S. The summed E-state index contributed by atoms with van der Waals surface area (Å²) in [5, 5.41) is 2.86. The van der Waals surface area contributed by atoms with E-state index >= 15 is 0 Å². The Hall–Kier alpha value is -1.40. The third-order valence-corrected chi connectivity index (χ3v) is 7.36. The molecule has 0 aromatic carbocycles. The van der Waals surface area contributed by atoms with Crippen LogP contribution in [0.3, 0.4) is 0 Å². The first-order chi connectivity index (χ1) is 13.3. The summed E-state index contributed by atoms with van der Waals surface area (Å²) >= 11 is 1.71. The van der Waals surface area contributed by atoms with E-state index in [1.807, 2.05) is 11.8 Å². The minimum Gasteiger partial charge on any atom is -0.355 e. The molecule has 0 bridgehead atoms. The summed E-state index contributed by atoms with van der Waals surface area (Å²) in [6.45, 7) is 13.1. The molecule has 2 heterocycles. The van der Waals surface area contributed by atoms with Crippen molar-refractivity contribution in [3.05, 3.63) is 21.4 Å². The van der Waals surface area contributed by atoms with Gasteiger partial charge in [0.05, 0.1) is 11.4 Å². The summed E-state index contributed by atoms with van der Waals surface area (Å²) in [6, 6.07) is 2.16. The van der Waals surface area contributed by atoms with Crippen molar-refractivity contribution in [3.63, 3.8) is 0 Å². The van der Waals surface area contributed by atoms with Gasteiger partial charge < -0.3 is 10.2 Å². The van der Waals surface area contributed by atoms with Crippen LogP contribution in [0.25, 0.3) is 0 Å². The predicted molar refractivity (Wildman–Crippen MR) is 115 cm³/mol. The largest absolute Gasteiger partial charge is 0.355 e.